The molecule has 14 rings (SSSR count). The molecule has 144 heavy (non-hydrogen) atoms. The largest absolute Gasteiger partial charge is 1.00 e. The van der Waals surface area contributed by atoms with E-state index in [1.807, 2.05) is 19.1 Å². The second-order valence-corrected chi connectivity index (χ2v) is 53.3. The summed E-state index contributed by atoms with van der Waals surface area (Å²) in [6.45, 7) is 64.4. The van der Waals surface area contributed by atoms with Crippen LogP contribution in [-0.4, -0.2) is 152 Å². The molecule has 0 aromatic carbocycles. The topological polar surface area (TPSA) is 303 Å². The Morgan fingerprint density at radius 3 is 1.13 bits per heavy atom. The van der Waals surface area contributed by atoms with E-state index in [1.165, 1.54) is 197 Å². The van der Waals surface area contributed by atoms with Crippen molar-refractivity contribution in [3.63, 3.8) is 0 Å². The maximum atomic E-state index is 12.4. The Kier molecular flexibility index (Phi) is 50.0. The van der Waals surface area contributed by atoms with Gasteiger partial charge in [-0.25, -0.2) is 28.7 Å². The predicted molar refractivity (Wildman–Crippen MR) is 583 cm³/mol. The minimum Gasteiger partial charge on any atom is -1.00 e. The van der Waals surface area contributed by atoms with Crippen LogP contribution >= 0.6 is 21.4 Å². The number of amides is 2. The van der Waals surface area contributed by atoms with Gasteiger partial charge in [-0.3, -0.25) is 24.1 Å². The Bertz CT molecular complexity index is 4620. The summed E-state index contributed by atoms with van der Waals surface area (Å²) in [5.41, 5.74) is 7.72. The average molecular weight is 2080 g/mol. The molecule has 26 heteroatoms. The van der Waals surface area contributed by atoms with Gasteiger partial charge < -0.3 is 35.0 Å². The minimum atomic E-state index is -1.67. The van der Waals surface area contributed by atoms with Crippen LogP contribution in [0.25, 0.3) is 0 Å². The number of allylic oxidation sites excluding steroid dienone is 5. The molecule has 14 aliphatic rings. The van der Waals surface area contributed by atoms with Gasteiger partial charge in [0.1, 0.15) is 11.9 Å². The van der Waals surface area contributed by atoms with Crippen molar-refractivity contribution in [1.29, 1.82) is 15.8 Å². The van der Waals surface area contributed by atoms with E-state index in [4.69, 9.17) is 48.6 Å². The fourth-order valence-electron chi connectivity index (χ4n) is 32.8. The normalized spacial score (nSPS) is 35.5. The van der Waals surface area contributed by atoms with Crippen molar-refractivity contribution in [2.75, 3.05) is 56.3 Å². The Balaban J connectivity index is 0.000000571. The molecule has 2 heterocycles. The molecule has 0 radical (unpaired) electrons. The van der Waals surface area contributed by atoms with Crippen LogP contribution in [0.15, 0.2) is 71.9 Å². The summed E-state index contributed by atoms with van der Waals surface area (Å²) < 4.78 is 34.7. The molecular formula is C118H197AlCl2LiN5O16S. The molecule has 2 amide bonds. The van der Waals surface area contributed by atoms with Crippen molar-refractivity contribution >= 4 is 89.9 Å². The molecule has 14 fully saturated rings. The molecule has 21 atom stereocenters. The molecule has 1 N–H and O–H groups in total. The molecule has 2 aliphatic heterocycles. The molecule has 12 aliphatic carbocycles. The molecule has 0 bridgehead atoms. The molecule has 6 unspecified atom stereocenters. The SMILES string of the molecule is C.C.C=C(CC#N)C(=O)OC.C=C1CCC2C(C)(C)CCC[C@]2(C)[C@H]1C/C=C(\CC#N)C(=O)OC.C=C1CCC2C(C)(C)CCC[C@]2(C)[C@H]1CC(=O)N(C)OC.C=C1CCC2C(C)(C)CCC[C@]2(C)[C@H]1CC=O.CC1(C)CCC[C@@]2(C)C1CC[C@@]1(C)OC(=O)C[C@@H]12.COC(=O)/C(=C/C[C@H]1[C@]2(CCC3C(C)(C)CCC[C@@]31C)CO2)CC#N.CON(C)C(=O)C[C@@H]1[C@@]2(C)CCCC(C)(C)C2CC[C@@]1(C)O.O=S(Cl)Cl.[AlH3].[H-].[Li+]. The number of hydrogen-bond acceptors (Lipinski definition) is 19. The van der Waals surface area contributed by atoms with Crippen molar-refractivity contribution in [1.82, 2.24) is 10.1 Å². The smallest absolute Gasteiger partial charge is 1.00 e. The van der Waals surface area contributed by atoms with Crippen LogP contribution in [-0.2, 0) is 76.1 Å². The zero-order chi connectivity index (χ0) is 106. The number of carbonyl (C=O) groups is 7. The first kappa shape index (κ1) is 133. The molecule has 0 aromatic rings. The van der Waals surface area contributed by atoms with Crippen molar-refractivity contribution in [3.05, 3.63) is 71.9 Å². The first-order chi connectivity index (χ1) is 65.0. The number of ether oxygens (including phenoxy) is 5. The average Bonchev–Trinajstić information content (AvgIpc) is 1.55. The van der Waals surface area contributed by atoms with E-state index in [2.05, 4.69) is 196 Å². The van der Waals surface area contributed by atoms with E-state index in [-0.39, 0.29) is 151 Å². The number of epoxide rings is 1. The van der Waals surface area contributed by atoms with E-state index in [1.54, 1.807) is 27.3 Å². The summed E-state index contributed by atoms with van der Waals surface area (Å²) in [4.78, 5) is 91.8. The van der Waals surface area contributed by atoms with E-state index in [9.17, 15) is 38.7 Å². The number of rotatable bonds is 18. The van der Waals surface area contributed by atoms with E-state index >= 15 is 0 Å². The third kappa shape index (κ3) is 30.6. The standard InChI is InChI=1S/C21H31NO3.C21H31NO2.C18H33NO3.C18H31NO2.C16H26O2.C16H26O.C6H7NO2.2CH4.Al.Cl2OS.Li.4H/c1-19(2)10-5-11-20(3)16(19)8-12-21(14-25-21)17(20)7-6-15(9-13-22)18(23)24-4;1-15-7-10-18-20(2,3)12-6-13-21(18,4)17(15)9-8-16(11-14-22)19(23)24-5;1-16(2)9-7-10-17(3)13(16)8-11-18(4,21)14(17)12-15(20)19(5)22-6;1-13-8-9-15-17(2,3)10-7-11-18(15,4)14(13)12-16(20)19(5)21-6;1-14(2)7-5-8-15(3)11(14)6-9-16(4)12(15)10-13(17)18-16;1-12-6-7-14-15(2,3)9-5-10-16(14,4)13(12)8-11-17;1-5(3-4-7)6(8)9-2;;;;1-4(2)3;;;;;/h6,16-17H,5,7-12,14H2,1-4H3;8,17-18H,1,6-7,9-13H2,2-5H3;13-14,21H,7-12H2,1-6H3;14-15H,1,7-12H2,2-6H3;11-12H,5-10H2,1-4H3;11,13-14H,1,5-10H2,2-4H3;1,3H2,2H3;2*1H4;;;;;;;/q;;;;;;;;;;;+1;;;;-1/b15-6+;16-8+;;;;;;;;;;;;;;/t16?,17-,20+,21+;17-,18?,21+;13?,14-,17+,18-;14-,15?,18+;11?,12-,15+,16-;13-,14?,16+;;;;;;;;;;/m101010........../s1. The Morgan fingerprint density at radius 2 is 0.771 bits per heavy atom. The van der Waals surface area contributed by atoms with Gasteiger partial charge in [0.05, 0.1) is 97.2 Å². The van der Waals surface area contributed by atoms with Crippen molar-refractivity contribution in [2.45, 2.75) is 421 Å². The zero-order valence-electron chi connectivity index (χ0n) is 93.7. The molecule has 0 aromatic heterocycles. The summed E-state index contributed by atoms with van der Waals surface area (Å²) in [7, 11) is 17.7. The van der Waals surface area contributed by atoms with Crippen LogP contribution in [0.5, 0.6) is 0 Å². The van der Waals surface area contributed by atoms with E-state index in [0.717, 1.165) is 88.9 Å². The number of nitriles is 3. The first-order valence-corrected chi connectivity index (χ1v) is 55.6. The summed E-state index contributed by atoms with van der Waals surface area (Å²) >= 11 is 0. The van der Waals surface area contributed by atoms with Gasteiger partial charge in [0.25, 0.3) is 0 Å². The van der Waals surface area contributed by atoms with Crippen LogP contribution < -0.4 is 18.9 Å². The fraction of sp³-hybridized carbons (Fsp3) is 0.814. The van der Waals surface area contributed by atoms with E-state index in [0.29, 0.717) is 128 Å². The summed E-state index contributed by atoms with van der Waals surface area (Å²) in [6.07, 6.45) is 45.3. The molecule has 2 saturated heterocycles. The van der Waals surface area contributed by atoms with Gasteiger partial charge in [-0.1, -0.05) is 233 Å². The maximum Gasteiger partial charge on any atom is 1.00 e. The number of aldehydes is 1. The van der Waals surface area contributed by atoms with Gasteiger partial charge in [-0.2, -0.15) is 15.8 Å². The summed E-state index contributed by atoms with van der Waals surface area (Å²) in [5.74, 6) is 4.89. The number of aliphatic hydroxyl groups is 1. The second kappa shape index (κ2) is 54.1. The number of nitrogens with zero attached hydrogens (tertiary/aromatic N) is 5. The second-order valence-electron chi connectivity index (χ2n) is 50.8. The predicted octanol–water partition coefficient (Wildman–Crippen LogP) is 24.4. The monoisotopic (exact) mass is 2080 g/mol. The molecular weight excluding hydrogens is 1880 g/mol. The number of carbonyl (C=O) groups excluding carboxylic acids is 7. The van der Waals surface area contributed by atoms with E-state index < -0.39 is 20.8 Å². The first-order valence-electron chi connectivity index (χ1n) is 52.8. The summed E-state index contributed by atoms with van der Waals surface area (Å²) in [6, 6.07) is 5.94. The van der Waals surface area contributed by atoms with Crippen LogP contribution in [0, 0.1) is 170 Å². The number of methoxy groups -OCH3 is 3. The maximum absolute atomic E-state index is 12.4. The van der Waals surface area contributed by atoms with Crippen LogP contribution in [0.1, 0.15) is 405 Å². The zero-order valence-corrected chi connectivity index (χ0v) is 95.1. The van der Waals surface area contributed by atoms with Crippen molar-refractivity contribution in [2.24, 2.45) is 136 Å². The molecule has 814 valence electrons. The third-order valence-corrected chi connectivity index (χ3v) is 40.0. The van der Waals surface area contributed by atoms with Gasteiger partial charge >= 0.3 is 42.7 Å². The van der Waals surface area contributed by atoms with Gasteiger partial charge in [0.15, 0.2) is 17.4 Å². The fourth-order valence-corrected chi connectivity index (χ4v) is 32.8. The van der Waals surface area contributed by atoms with Gasteiger partial charge in [0, 0.05) is 83.3 Å². The molecule has 1 spiro atoms. The number of fused-ring (bicyclic) bond motifs is 8. The number of hydroxylamine groups is 4. The van der Waals surface area contributed by atoms with Gasteiger partial charge in [-0.15, -0.1) is 0 Å². The quantitative estimate of drug-likeness (QED) is 0.0153. The van der Waals surface area contributed by atoms with Crippen molar-refractivity contribution in [3.8, 4) is 18.2 Å². The van der Waals surface area contributed by atoms with Crippen LogP contribution in [0.2, 0.25) is 0 Å². The van der Waals surface area contributed by atoms with Crippen LogP contribution in [0.4, 0.5) is 0 Å². The van der Waals surface area contributed by atoms with Gasteiger partial charge in [-0.05, 0) is 305 Å². The number of hydrogen-bond donors (Lipinski definition) is 1. The summed E-state index contributed by atoms with van der Waals surface area (Å²) in [5, 5.41) is 39.7. The third-order valence-electron chi connectivity index (χ3n) is 40.0. The number of esters is 4. The Morgan fingerprint density at radius 1 is 0.458 bits per heavy atom. The Hall–Kier alpha value is -4.90. The van der Waals surface area contributed by atoms with Crippen molar-refractivity contribution < 1.29 is 96.5 Å². The molecule has 21 nitrogen and oxygen atoms in total. The molecule has 12 saturated carbocycles. The minimum absolute atomic E-state index is 0. The number of halogens is 2. The van der Waals surface area contributed by atoms with Crippen LogP contribution in [0.3, 0.4) is 0 Å². The Labute approximate surface area is 908 Å². The van der Waals surface area contributed by atoms with Gasteiger partial charge in [0.2, 0.25) is 21.0 Å².